The van der Waals surface area contributed by atoms with Crippen LogP contribution in [0.1, 0.15) is 52.7 Å². The molecule has 7 nitrogen and oxygen atoms in total. The second-order valence-corrected chi connectivity index (χ2v) is 12.8. The minimum atomic E-state index is -3.18. The van der Waals surface area contributed by atoms with Crippen molar-refractivity contribution in [3.05, 3.63) is 76.4 Å². The van der Waals surface area contributed by atoms with Crippen LogP contribution in [-0.4, -0.2) is 75.5 Å². The molecule has 8 heteroatoms. The Labute approximate surface area is 225 Å². The van der Waals surface area contributed by atoms with Gasteiger partial charge in [0, 0.05) is 44.2 Å². The minimum absolute atomic E-state index is 0.0833. The SMILES string of the molecule is COC(=O)c1ccc(CC2C3=C(C(=O)C(CN4CCN(S(C)(=O)=O)CC4)CC3)c3ccccc3C2C)cc1. The molecule has 0 amide bonds. The molecule has 38 heavy (non-hydrogen) atoms. The van der Waals surface area contributed by atoms with Crippen LogP contribution in [0.3, 0.4) is 0 Å². The van der Waals surface area contributed by atoms with Gasteiger partial charge in [0.2, 0.25) is 10.0 Å². The fourth-order valence-corrected chi connectivity index (χ4v) is 7.27. The molecule has 0 saturated carbocycles. The third-order valence-electron chi connectivity index (χ3n) is 8.58. The monoisotopic (exact) mass is 536 g/mol. The van der Waals surface area contributed by atoms with E-state index in [2.05, 4.69) is 30.0 Å². The van der Waals surface area contributed by atoms with E-state index < -0.39 is 10.0 Å². The van der Waals surface area contributed by atoms with Crippen molar-refractivity contribution in [2.45, 2.75) is 32.1 Å². The molecule has 1 fully saturated rings. The molecule has 202 valence electrons. The Hall–Kier alpha value is -2.81. The Kier molecular flexibility index (Phi) is 7.58. The zero-order valence-corrected chi connectivity index (χ0v) is 23.2. The zero-order valence-electron chi connectivity index (χ0n) is 22.4. The van der Waals surface area contributed by atoms with Crippen LogP contribution < -0.4 is 0 Å². The van der Waals surface area contributed by atoms with Crippen molar-refractivity contribution >= 4 is 27.3 Å². The van der Waals surface area contributed by atoms with Crippen LogP contribution in [0.25, 0.3) is 5.57 Å². The molecule has 2 aromatic rings. The Balaban J connectivity index is 1.39. The summed E-state index contributed by atoms with van der Waals surface area (Å²) >= 11 is 0. The van der Waals surface area contributed by atoms with E-state index in [4.69, 9.17) is 4.74 Å². The summed E-state index contributed by atoms with van der Waals surface area (Å²) in [5.74, 6) is 0.288. The number of allylic oxidation sites excluding steroid dienone is 2. The Morgan fingerprint density at radius 2 is 1.71 bits per heavy atom. The topological polar surface area (TPSA) is 84.0 Å². The van der Waals surface area contributed by atoms with Gasteiger partial charge in [-0.25, -0.2) is 13.2 Å². The van der Waals surface area contributed by atoms with Crippen molar-refractivity contribution in [1.29, 1.82) is 0 Å². The summed E-state index contributed by atoms with van der Waals surface area (Å²) < 4.78 is 30.1. The smallest absolute Gasteiger partial charge is 0.337 e. The van der Waals surface area contributed by atoms with Gasteiger partial charge in [0.25, 0.3) is 0 Å². The van der Waals surface area contributed by atoms with Gasteiger partial charge in [-0.05, 0) is 59.9 Å². The number of esters is 1. The number of carbonyl (C=O) groups excluding carboxylic acids is 2. The van der Waals surface area contributed by atoms with Gasteiger partial charge >= 0.3 is 5.97 Å². The summed E-state index contributed by atoms with van der Waals surface area (Å²) in [5, 5.41) is 0. The average Bonchev–Trinajstić information content (AvgIpc) is 2.92. The lowest BCUT2D eigenvalue weighted by atomic mass is 9.64. The Morgan fingerprint density at radius 3 is 2.37 bits per heavy atom. The molecule has 5 rings (SSSR count). The first kappa shape index (κ1) is 26.8. The third-order valence-corrected chi connectivity index (χ3v) is 9.88. The van der Waals surface area contributed by atoms with E-state index in [1.807, 2.05) is 30.3 Å². The van der Waals surface area contributed by atoms with Crippen molar-refractivity contribution in [3.63, 3.8) is 0 Å². The van der Waals surface area contributed by atoms with Gasteiger partial charge in [-0.1, -0.05) is 48.9 Å². The molecule has 1 aliphatic heterocycles. The lowest BCUT2D eigenvalue weighted by molar-refractivity contribution is -0.118. The number of carbonyl (C=O) groups is 2. The predicted octanol–water partition coefficient (Wildman–Crippen LogP) is 3.76. The highest BCUT2D eigenvalue weighted by Gasteiger charge is 2.41. The maximum Gasteiger partial charge on any atom is 0.337 e. The summed E-state index contributed by atoms with van der Waals surface area (Å²) in [6.45, 7) is 5.19. The highest BCUT2D eigenvalue weighted by Crippen LogP contribution is 2.49. The number of fused-ring (bicyclic) bond motifs is 2. The lowest BCUT2D eigenvalue weighted by Gasteiger charge is -2.41. The van der Waals surface area contributed by atoms with E-state index >= 15 is 0 Å². The van der Waals surface area contributed by atoms with Crippen LogP contribution in [0.15, 0.2) is 54.1 Å². The molecule has 2 aliphatic carbocycles. The molecule has 0 radical (unpaired) electrons. The number of sulfonamides is 1. The van der Waals surface area contributed by atoms with E-state index in [-0.39, 0.29) is 29.5 Å². The van der Waals surface area contributed by atoms with Crippen molar-refractivity contribution in [2.24, 2.45) is 11.8 Å². The second kappa shape index (κ2) is 10.8. The summed E-state index contributed by atoms with van der Waals surface area (Å²) in [6.07, 6.45) is 3.77. The maximum absolute atomic E-state index is 14.0. The van der Waals surface area contributed by atoms with Gasteiger partial charge in [-0.15, -0.1) is 0 Å². The van der Waals surface area contributed by atoms with E-state index in [1.165, 1.54) is 28.8 Å². The van der Waals surface area contributed by atoms with E-state index in [0.29, 0.717) is 38.3 Å². The van der Waals surface area contributed by atoms with Crippen molar-refractivity contribution in [3.8, 4) is 0 Å². The number of hydrogen-bond acceptors (Lipinski definition) is 6. The molecule has 0 spiro atoms. The molecule has 0 aromatic heterocycles. The third kappa shape index (κ3) is 5.22. The first-order chi connectivity index (χ1) is 18.2. The summed E-state index contributed by atoms with van der Waals surface area (Å²) in [6, 6.07) is 15.9. The Morgan fingerprint density at radius 1 is 1.03 bits per heavy atom. The van der Waals surface area contributed by atoms with Gasteiger partial charge in [0.15, 0.2) is 5.78 Å². The van der Waals surface area contributed by atoms with Crippen molar-refractivity contribution in [1.82, 2.24) is 9.21 Å². The molecule has 3 aliphatic rings. The molecular weight excluding hydrogens is 500 g/mol. The van der Waals surface area contributed by atoms with E-state index in [1.54, 1.807) is 0 Å². The number of benzene rings is 2. The first-order valence-electron chi connectivity index (χ1n) is 13.4. The Bertz CT molecular complexity index is 1360. The van der Waals surface area contributed by atoms with Gasteiger partial charge in [0.05, 0.1) is 18.9 Å². The molecule has 1 heterocycles. The maximum atomic E-state index is 14.0. The van der Waals surface area contributed by atoms with Crippen LogP contribution in [0.2, 0.25) is 0 Å². The standard InChI is InChI=1S/C30H36N2O5S/c1-20-24-6-4-5-7-25(24)28-26(27(20)18-21-8-10-22(11-9-21)30(34)37-2)13-12-23(29(28)33)19-31-14-16-32(17-15-31)38(3,35)36/h4-11,20,23,27H,12-19H2,1-3H3. The lowest BCUT2D eigenvalue weighted by Crippen LogP contribution is -2.50. The van der Waals surface area contributed by atoms with E-state index in [0.717, 1.165) is 36.0 Å². The van der Waals surface area contributed by atoms with Crippen LogP contribution >= 0.6 is 0 Å². The summed E-state index contributed by atoms with van der Waals surface area (Å²) in [5.41, 5.74) is 6.13. The molecule has 0 bridgehead atoms. The summed E-state index contributed by atoms with van der Waals surface area (Å²) in [7, 11) is -1.80. The molecule has 3 atom stereocenters. The van der Waals surface area contributed by atoms with E-state index in [9.17, 15) is 18.0 Å². The van der Waals surface area contributed by atoms with Crippen LogP contribution in [-0.2, 0) is 26.0 Å². The first-order valence-corrected chi connectivity index (χ1v) is 15.2. The molecule has 1 saturated heterocycles. The highest BCUT2D eigenvalue weighted by molar-refractivity contribution is 7.88. The van der Waals surface area contributed by atoms with Gasteiger partial charge < -0.3 is 4.74 Å². The average molecular weight is 537 g/mol. The number of ether oxygens (including phenoxy) is 1. The van der Waals surface area contributed by atoms with Gasteiger partial charge in [-0.2, -0.15) is 4.31 Å². The molecular formula is C30H36N2O5S. The number of methoxy groups -OCH3 is 1. The fraction of sp³-hybridized carbons (Fsp3) is 0.467. The fourth-order valence-electron chi connectivity index (χ4n) is 6.44. The largest absolute Gasteiger partial charge is 0.465 e. The van der Waals surface area contributed by atoms with Crippen molar-refractivity contribution < 1.29 is 22.7 Å². The normalized spacial score (nSPS) is 24.6. The molecule has 3 unspecified atom stereocenters. The van der Waals surface area contributed by atoms with Gasteiger partial charge in [0.1, 0.15) is 0 Å². The minimum Gasteiger partial charge on any atom is -0.465 e. The number of piperazine rings is 1. The second-order valence-electron chi connectivity index (χ2n) is 10.8. The number of nitrogens with zero attached hydrogens (tertiary/aromatic N) is 2. The number of rotatable bonds is 6. The highest BCUT2D eigenvalue weighted by atomic mass is 32.2. The quantitative estimate of drug-likeness (QED) is 0.523. The molecule has 0 N–H and O–H groups in total. The summed E-state index contributed by atoms with van der Waals surface area (Å²) in [4.78, 5) is 28.1. The van der Waals surface area contributed by atoms with Crippen LogP contribution in [0.5, 0.6) is 0 Å². The number of hydrogen-bond donors (Lipinski definition) is 0. The predicted molar refractivity (Wildman–Crippen MR) is 147 cm³/mol. The van der Waals surface area contributed by atoms with Crippen molar-refractivity contribution in [2.75, 3.05) is 46.1 Å². The number of ketones is 1. The van der Waals surface area contributed by atoms with Gasteiger partial charge in [-0.3, -0.25) is 9.69 Å². The molecule has 2 aromatic carbocycles. The number of Topliss-reactive ketones (excluding diaryl/α,β-unsaturated/α-hetero) is 1. The zero-order chi connectivity index (χ0) is 27.0. The van der Waals surface area contributed by atoms with Crippen LogP contribution in [0, 0.1) is 11.8 Å². The van der Waals surface area contributed by atoms with Crippen LogP contribution in [0.4, 0.5) is 0 Å².